The summed E-state index contributed by atoms with van der Waals surface area (Å²) < 4.78 is 0. The van der Waals surface area contributed by atoms with Gasteiger partial charge in [-0.25, -0.2) is 0 Å². The minimum absolute atomic E-state index is 0. The molecule has 0 aromatic carbocycles. The average Bonchev–Trinajstić information content (AvgIpc) is 1.54. The molecule has 0 unspecified atom stereocenters. The molecule has 12 heavy (non-hydrogen) atoms. The molecule has 0 aromatic rings. The Bertz CT molecular complexity index is 168. The number of carbonyl (C=O) groups is 2. The van der Waals surface area contributed by atoms with E-state index >= 15 is 0 Å². The monoisotopic (exact) mass is 182 g/mol. The van der Waals surface area contributed by atoms with Gasteiger partial charge in [-0.05, 0) is 5.41 Å². The van der Waals surface area contributed by atoms with Crippen molar-refractivity contribution < 1.29 is 19.8 Å². The number of carbonyl (C=O) groups excluding carboxylic acids is 2. The number of hydrogen-bond acceptors (Lipinski definition) is 4. The van der Waals surface area contributed by atoms with Crippen LogP contribution in [-0.4, -0.2) is 35.0 Å². The van der Waals surface area contributed by atoms with E-state index in [1.165, 1.54) is 20.8 Å². The summed E-state index contributed by atoms with van der Waals surface area (Å²) in [6.45, 7) is 4.51. The van der Waals surface area contributed by atoms with Gasteiger partial charge >= 0.3 is 23.1 Å². The molecule has 0 rings (SSSR count). The predicted octanol–water partition coefficient (Wildman–Crippen LogP) is -2.23. The van der Waals surface area contributed by atoms with Crippen LogP contribution in [0.3, 0.4) is 0 Å². The maximum absolute atomic E-state index is 10.3. The zero-order valence-electron chi connectivity index (χ0n) is 7.42. The van der Waals surface area contributed by atoms with Crippen LogP contribution in [0.4, 0.5) is 0 Å². The van der Waals surface area contributed by atoms with Gasteiger partial charge in [0, 0.05) is 5.92 Å². The molecule has 0 bridgehead atoms. The van der Waals surface area contributed by atoms with Crippen LogP contribution in [0.2, 0.25) is 0 Å². The molecule has 4 nitrogen and oxygen atoms in total. The Hall–Kier alpha value is -0.294. The molecule has 0 amide bonds. The molecule has 0 aliphatic carbocycles. The molecule has 0 saturated heterocycles. The minimum atomic E-state index is -1.60. The van der Waals surface area contributed by atoms with Gasteiger partial charge in [-0.3, -0.25) is 0 Å². The van der Waals surface area contributed by atoms with Crippen molar-refractivity contribution in [1.82, 2.24) is 0 Å². The summed E-state index contributed by atoms with van der Waals surface area (Å²) in [6, 6.07) is 0. The van der Waals surface area contributed by atoms with E-state index in [-0.39, 0.29) is 23.1 Å². The molecule has 0 saturated carbocycles. The van der Waals surface area contributed by atoms with Crippen LogP contribution >= 0.6 is 0 Å². The second-order valence-electron chi connectivity index (χ2n) is 3.44. The van der Waals surface area contributed by atoms with Crippen molar-refractivity contribution in [3.8, 4) is 0 Å². The van der Waals surface area contributed by atoms with Crippen molar-refractivity contribution in [2.75, 3.05) is 0 Å². The van der Waals surface area contributed by atoms with Crippen LogP contribution in [0.25, 0.3) is 0 Å². The van der Waals surface area contributed by atoms with E-state index < -0.39 is 23.3 Å². The molecule has 0 fully saturated rings. The summed E-state index contributed by atoms with van der Waals surface area (Å²) in [5.74, 6) is -4.75. The molecule has 0 spiro atoms. The van der Waals surface area contributed by atoms with Crippen LogP contribution in [0, 0.1) is 11.3 Å². The Morgan fingerprint density at radius 3 is 1.33 bits per heavy atom. The molecule has 0 aromatic heterocycles. The molecule has 0 N–H and O–H groups in total. The van der Waals surface area contributed by atoms with Crippen LogP contribution in [-0.2, 0) is 9.59 Å². The fraction of sp³-hybridized carbons (Fsp3) is 0.714. The van der Waals surface area contributed by atoms with Gasteiger partial charge in [-0.2, -0.15) is 0 Å². The van der Waals surface area contributed by atoms with Crippen LogP contribution in [0.5, 0.6) is 0 Å². The molecule has 0 atom stereocenters. The largest absolute Gasteiger partial charge is 2.00 e. The molecule has 0 aliphatic heterocycles. The summed E-state index contributed by atoms with van der Waals surface area (Å²) in [4.78, 5) is 20.5. The van der Waals surface area contributed by atoms with Gasteiger partial charge in [0.2, 0.25) is 0 Å². The number of hydrogen-bond donors (Lipinski definition) is 0. The normalized spacial score (nSPS) is 10.7. The number of aliphatic carboxylic acids is 2. The summed E-state index contributed by atoms with van der Waals surface area (Å²) in [5.41, 5.74) is -0.863. The Morgan fingerprint density at radius 1 is 1.08 bits per heavy atom. The first-order chi connectivity index (χ1) is 4.76. The fourth-order valence-corrected chi connectivity index (χ4v) is 0.803. The van der Waals surface area contributed by atoms with E-state index in [1.54, 1.807) is 0 Å². The topological polar surface area (TPSA) is 80.3 Å². The minimum Gasteiger partial charge on any atom is -0.549 e. The first kappa shape index (κ1) is 14.2. The van der Waals surface area contributed by atoms with E-state index in [0.29, 0.717) is 0 Å². The average molecular weight is 182 g/mol. The third-order valence-corrected chi connectivity index (χ3v) is 1.34. The molecule has 0 heterocycles. The quantitative estimate of drug-likeness (QED) is 0.357. The summed E-state index contributed by atoms with van der Waals surface area (Å²) >= 11 is 0. The van der Waals surface area contributed by atoms with Crippen LogP contribution in [0.1, 0.15) is 20.8 Å². The van der Waals surface area contributed by atoms with Gasteiger partial charge < -0.3 is 19.8 Å². The summed E-state index contributed by atoms with van der Waals surface area (Å²) in [5, 5.41) is 20.5. The summed E-state index contributed by atoms with van der Waals surface area (Å²) in [7, 11) is 0. The van der Waals surface area contributed by atoms with Crippen LogP contribution in [0.15, 0.2) is 0 Å². The molecular formula is C7H10MgO4. The first-order valence-electron chi connectivity index (χ1n) is 3.18. The summed E-state index contributed by atoms with van der Waals surface area (Å²) in [6.07, 6.45) is 0. The molecular weight excluding hydrogens is 172 g/mol. The van der Waals surface area contributed by atoms with Gasteiger partial charge in [0.1, 0.15) is 0 Å². The zero-order valence-corrected chi connectivity index (χ0v) is 8.83. The maximum atomic E-state index is 10.3. The third kappa shape index (κ3) is 3.92. The van der Waals surface area contributed by atoms with Crippen molar-refractivity contribution in [3.63, 3.8) is 0 Å². The number of carboxylic acids is 2. The molecule has 0 radical (unpaired) electrons. The Balaban J connectivity index is 0. The number of rotatable bonds is 2. The van der Waals surface area contributed by atoms with Crippen molar-refractivity contribution >= 4 is 35.0 Å². The van der Waals surface area contributed by atoms with Gasteiger partial charge in [0.05, 0.1) is 11.9 Å². The van der Waals surface area contributed by atoms with E-state index in [1.807, 2.05) is 0 Å². The third-order valence-electron chi connectivity index (χ3n) is 1.34. The second kappa shape index (κ2) is 4.66. The predicted molar refractivity (Wildman–Crippen MR) is 38.7 cm³/mol. The zero-order chi connectivity index (χ0) is 9.23. The van der Waals surface area contributed by atoms with Crippen molar-refractivity contribution in [2.24, 2.45) is 11.3 Å². The SMILES string of the molecule is CC(C)(C)C(C(=O)[O-])C(=O)[O-].[Mg+2]. The van der Waals surface area contributed by atoms with Gasteiger partial charge in [-0.15, -0.1) is 0 Å². The van der Waals surface area contributed by atoms with Crippen molar-refractivity contribution in [1.29, 1.82) is 0 Å². The van der Waals surface area contributed by atoms with Gasteiger partial charge in [0.15, 0.2) is 0 Å². The number of carboxylic acid groups (broad SMARTS) is 2. The molecule has 0 aliphatic rings. The molecule has 64 valence electrons. The first-order valence-corrected chi connectivity index (χ1v) is 3.18. The van der Waals surface area contributed by atoms with Crippen molar-refractivity contribution in [3.05, 3.63) is 0 Å². The van der Waals surface area contributed by atoms with E-state index in [2.05, 4.69) is 0 Å². The molecule has 5 heteroatoms. The Kier molecular flexibility index (Phi) is 5.54. The Morgan fingerprint density at radius 2 is 1.33 bits per heavy atom. The van der Waals surface area contributed by atoms with E-state index in [9.17, 15) is 19.8 Å². The van der Waals surface area contributed by atoms with Crippen LogP contribution < -0.4 is 10.2 Å². The van der Waals surface area contributed by atoms with Gasteiger partial charge in [-0.1, -0.05) is 20.8 Å². The van der Waals surface area contributed by atoms with E-state index in [0.717, 1.165) is 0 Å². The standard InChI is InChI=1S/C7H12O4.Mg/c1-7(2,3)4(5(8)9)6(10)11;/h4H,1-3H3,(H,8,9)(H,10,11);/q;+2/p-2. The smallest absolute Gasteiger partial charge is 0.549 e. The fourth-order valence-electron chi connectivity index (χ4n) is 0.803. The van der Waals surface area contributed by atoms with Gasteiger partial charge in [0.25, 0.3) is 0 Å². The maximum Gasteiger partial charge on any atom is 2.00 e. The van der Waals surface area contributed by atoms with E-state index in [4.69, 9.17) is 0 Å². The Labute approximate surface area is 87.1 Å². The second-order valence-corrected chi connectivity index (χ2v) is 3.44. The van der Waals surface area contributed by atoms with Crippen molar-refractivity contribution in [2.45, 2.75) is 20.8 Å².